The molecule has 1 N–H and O–H groups in total. The molecule has 1 nitrogen and oxygen atoms in total. The highest BCUT2D eigenvalue weighted by atomic mass is 79.9. The van der Waals surface area contributed by atoms with Crippen LogP contribution in [-0.2, 0) is 13.0 Å². The van der Waals surface area contributed by atoms with Gasteiger partial charge in [0.1, 0.15) is 0 Å². The Morgan fingerprint density at radius 1 is 1.42 bits per heavy atom. The topological polar surface area (TPSA) is 20.2 Å². The minimum absolute atomic E-state index is 0.0750. The van der Waals surface area contributed by atoms with Gasteiger partial charge in [-0.1, -0.05) is 40.2 Å². The first-order valence-electron chi connectivity index (χ1n) is 3.77. The van der Waals surface area contributed by atoms with Gasteiger partial charge in [0, 0.05) is 4.47 Å². The second-order valence-electron chi connectivity index (χ2n) is 2.54. The summed E-state index contributed by atoms with van der Waals surface area (Å²) < 4.78 is 0.993. The van der Waals surface area contributed by atoms with Crippen LogP contribution in [0.4, 0.5) is 0 Å². The quantitative estimate of drug-likeness (QED) is 0.787. The molecule has 0 atom stereocenters. The van der Waals surface area contributed by atoms with Crippen LogP contribution < -0.4 is 0 Å². The molecule has 0 aliphatic rings. The van der Waals surface area contributed by atoms with Gasteiger partial charge in [-0.25, -0.2) is 0 Å². The van der Waals surface area contributed by atoms with Gasteiger partial charge in [-0.05, 0) is 17.5 Å². The van der Waals surface area contributed by atoms with Gasteiger partial charge in [-0.3, -0.25) is 0 Å². The van der Waals surface area contributed by atoms with E-state index in [0.717, 1.165) is 22.0 Å². The third-order valence-corrected chi connectivity index (χ3v) is 2.71. The molecule has 0 aliphatic heterocycles. The molecule has 1 aromatic carbocycles. The van der Waals surface area contributed by atoms with Crippen LogP contribution in [0, 0.1) is 0 Å². The number of hydrogen-bond donors (Lipinski definition) is 1. The Morgan fingerprint density at radius 2 is 2.08 bits per heavy atom. The number of hydrogen-bond acceptors (Lipinski definition) is 1. The van der Waals surface area contributed by atoms with Crippen LogP contribution in [0.15, 0.2) is 35.3 Å². The molecule has 1 aromatic rings. The van der Waals surface area contributed by atoms with Crippen molar-refractivity contribution in [3.05, 3.63) is 46.5 Å². The van der Waals surface area contributed by atoms with Crippen LogP contribution in [0.25, 0.3) is 0 Å². The third-order valence-electron chi connectivity index (χ3n) is 1.69. The lowest BCUT2D eigenvalue weighted by Gasteiger charge is -2.05. The summed E-state index contributed by atoms with van der Waals surface area (Å²) in [4.78, 5) is 0. The number of aliphatic hydroxyl groups excluding tert-OH is 1. The number of rotatable bonds is 3. The maximum atomic E-state index is 8.96. The molecule has 12 heavy (non-hydrogen) atoms. The largest absolute Gasteiger partial charge is 0.392 e. The first-order chi connectivity index (χ1) is 5.79. The number of aliphatic hydroxyl groups is 1. The van der Waals surface area contributed by atoms with Crippen LogP contribution in [0.1, 0.15) is 11.1 Å². The monoisotopic (exact) mass is 226 g/mol. The Bertz CT molecular complexity index is 281. The smallest absolute Gasteiger partial charge is 0.0692 e. The average molecular weight is 227 g/mol. The van der Waals surface area contributed by atoms with E-state index >= 15 is 0 Å². The molecule has 1 rings (SSSR count). The molecule has 0 saturated carbocycles. The molecular formula is C10H11BrO. The van der Waals surface area contributed by atoms with Crippen molar-refractivity contribution in [2.45, 2.75) is 13.0 Å². The number of halogens is 1. The average Bonchev–Trinajstić information content (AvgIpc) is 2.09. The van der Waals surface area contributed by atoms with E-state index in [4.69, 9.17) is 5.11 Å². The van der Waals surface area contributed by atoms with Gasteiger partial charge in [0.15, 0.2) is 0 Å². The van der Waals surface area contributed by atoms with Crippen molar-refractivity contribution in [2.24, 2.45) is 0 Å². The molecule has 0 fully saturated rings. The highest BCUT2D eigenvalue weighted by Gasteiger charge is 2.01. The fourth-order valence-electron chi connectivity index (χ4n) is 1.07. The standard InChI is InChI=1S/C10H11BrO/c1-2-4-8-5-3-6-9(7-12)10(8)11/h2-3,5-6,12H,1,4,7H2. The predicted molar refractivity (Wildman–Crippen MR) is 54.0 cm³/mol. The normalized spacial score (nSPS) is 9.83. The molecule has 0 unspecified atom stereocenters. The minimum atomic E-state index is 0.0750. The van der Waals surface area contributed by atoms with E-state index in [9.17, 15) is 0 Å². The molecule has 0 spiro atoms. The van der Waals surface area contributed by atoms with E-state index in [1.54, 1.807) is 0 Å². The third kappa shape index (κ3) is 1.96. The SMILES string of the molecule is C=CCc1cccc(CO)c1Br. The molecule has 2 heteroatoms. The van der Waals surface area contributed by atoms with Gasteiger partial charge < -0.3 is 5.11 Å². The Labute approximate surface area is 80.9 Å². The molecule has 0 saturated heterocycles. The summed E-state index contributed by atoms with van der Waals surface area (Å²) >= 11 is 3.43. The highest BCUT2D eigenvalue weighted by Crippen LogP contribution is 2.22. The molecule has 64 valence electrons. The summed E-state index contributed by atoms with van der Waals surface area (Å²) in [5.74, 6) is 0. The predicted octanol–water partition coefficient (Wildman–Crippen LogP) is 2.67. The summed E-state index contributed by atoms with van der Waals surface area (Å²) in [5.41, 5.74) is 2.09. The van der Waals surface area contributed by atoms with Crippen LogP contribution in [0.3, 0.4) is 0 Å². The summed E-state index contributed by atoms with van der Waals surface area (Å²) in [6, 6.07) is 5.86. The van der Waals surface area contributed by atoms with E-state index in [1.807, 2.05) is 24.3 Å². The molecular weight excluding hydrogens is 216 g/mol. The highest BCUT2D eigenvalue weighted by molar-refractivity contribution is 9.10. The van der Waals surface area contributed by atoms with Crippen molar-refractivity contribution in [3.8, 4) is 0 Å². The zero-order chi connectivity index (χ0) is 8.97. The molecule has 0 aromatic heterocycles. The second kappa shape index (κ2) is 4.43. The fourth-order valence-corrected chi connectivity index (χ4v) is 1.62. The van der Waals surface area contributed by atoms with E-state index in [-0.39, 0.29) is 6.61 Å². The van der Waals surface area contributed by atoms with Crippen LogP contribution in [0.5, 0.6) is 0 Å². The van der Waals surface area contributed by atoms with Crippen molar-refractivity contribution in [2.75, 3.05) is 0 Å². The summed E-state index contributed by atoms with van der Waals surface area (Å²) in [6.45, 7) is 3.74. The summed E-state index contributed by atoms with van der Waals surface area (Å²) in [7, 11) is 0. The van der Waals surface area contributed by atoms with Crippen molar-refractivity contribution >= 4 is 15.9 Å². The maximum Gasteiger partial charge on any atom is 0.0692 e. The van der Waals surface area contributed by atoms with Gasteiger partial charge in [0.25, 0.3) is 0 Å². The summed E-state index contributed by atoms with van der Waals surface area (Å²) in [6.07, 6.45) is 2.68. The lowest BCUT2D eigenvalue weighted by Crippen LogP contribution is -1.90. The first kappa shape index (κ1) is 9.49. The zero-order valence-electron chi connectivity index (χ0n) is 6.76. The van der Waals surface area contributed by atoms with Crippen LogP contribution >= 0.6 is 15.9 Å². The molecule has 0 heterocycles. The lowest BCUT2D eigenvalue weighted by atomic mass is 10.1. The van der Waals surface area contributed by atoms with Crippen molar-refractivity contribution in [1.29, 1.82) is 0 Å². The van der Waals surface area contributed by atoms with Crippen LogP contribution in [-0.4, -0.2) is 5.11 Å². The molecule has 0 aliphatic carbocycles. The van der Waals surface area contributed by atoms with E-state index < -0.39 is 0 Å². The van der Waals surface area contributed by atoms with Gasteiger partial charge >= 0.3 is 0 Å². The van der Waals surface area contributed by atoms with Gasteiger partial charge in [-0.15, -0.1) is 6.58 Å². The molecule has 0 bridgehead atoms. The number of benzene rings is 1. The minimum Gasteiger partial charge on any atom is -0.392 e. The lowest BCUT2D eigenvalue weighted by molar-refractivity contribution is 0.281. The summed E-state index contributed by atoms with van der Waals surface area (Å²) in [5, 5.41) is 8.96. The Kier molecular flexibility index (Phi) is 3.50. The molecule has 0 radical (unpaired) electrons. The zero-order valence-corrected chi connectivity index (χ0v) is 8.34. The van der Waals surface area contributed by atoms with Gasteiger partial charge in [0.2, 0.25) is 0 Å². The first-order valence-corrected chi connectivity index (χ1v) is 4.57. The van der Waals surface area contributed by atoms with E-state index in [0.29, 0.717) is 0 Å². The van der Waals surface area contributed by atoms with Crippen LogP contribution in [0.2, 0.25) is 0 Å². The van der Waals surface area contributed by atoms with Crippen molar-refractivity contribution in [1.82, 2.24) is 0 Å². The van der Waals surface area contributed by atoms with Gasteiger partial charge in [0.05, 0.1) is 6.61 Å². The maximum absolute atomic E-state index is 8.96. The Morgan fingerprint density at radius 3 is 2.67 bits per heavy atom. The second-order valence-corrected chi connectivity index (χ2v) is 3.33. The Hall–Kier alpha value is -0.600. The molecule has 0 amide bonds. The number of allylic oxidation sites excluding steroid dienone is 1. The fraction of sp³-hybridized carbons (Fsp3) is 0.200. The van der Waals surface area contributed by atoms with Crippen molar-refractivity contribution in [3.63, 3.8) is 0 Å². The van der Waals surface area contributed by atoms with Gasteiger partial charge in [-0.2, -0.15) is 0 Å². The van der Waals surface area contributed by atoms with E-state index in [2.05, 4.69) is 22.5 Å². The Balaban J connectivity index is 3.04. The van der Waals surface area contributed by atoms with E-state index in [1.165, 1.54) is 0 Å². The van der Waals surface area contributed by atoms with Crippen molar-refractivity contribution < 1.29 is 5.11 Å².